The lowest BCUT2D eigenvalue weighted by Crippen LogP contribution is -2.56. The minimum absolute atomic E-state index is 0.362. The maximum Gasteiger partial charge on any atom is 0.132 e. The van der Waals surface area contributed by atoms with E-state index in [9.17, 15) is 4.79 Å². The maximum atomic E-state index is 11.5. The van der Waals surface area contributed by atoms with E-state index in [1.807, 2.05) is 11.8 Å². The molecule has 0 bridgehead atoms. The smallest absolute Gasteiger partial charge is 0.132 e. The van der Waals surface area contributed by atoms with Crippen LogP contribution in [-0.2, 0) is 4.79 Å². The van der Waals surface area contributed by atoms with Gasteiger partial charge in [0.05, 0.1) is 0 Å². The first kappa shape index (κ1) is 15.8. The van der Waals surface area contributed by atoms with Gasteiger partial charge in [0.25, 0.3) is 0 Å². The van der Waals surface area contributed by atoms with E-state index in [1.165, 1.54) is 51.9 Å². The standard InChI is InChI=1S/C17H30N2OS/c1-13(20)14-3-5-15(6-4-14)18-7-9-19(10-8-18)16-11-17(12-16)21-2/h14-17H,3-12H2,1-2H3/t14-,15-,16?,17?. The summed E-state index contributed by atoms with van der Waals surface area (Å²) in [6, 6.07) is 1.63. The molecule has 0 unspecified atom stereocenters. The summed E-state index contributed by atoms with van der Waals surface area (Å²) >= 11 is 2.04. The van der Waals surface area contributed by atoms with E-state index in [0.29, 0.717) is 11.7 Å². The van der Waals surface area contributed by atoms with Gasteiger partial charge in [-0.1, -0.05) is 0 Å². The molecule has 3 aliphatic rings. The number of nitrogens with zero attached hydrogens (tertiary/aromatic N) is 2. The third kappa shape index (κ3) is 3.65. The monoisotopic (exact) mass is 310 g/mol. The molecule has 1 aliphatic heterocycles. The summed E-state index contributed by atoms with van der Waals surface area (Å²) in [7, 11) is 0. The van der Waals surface area contributed by atoms with Gasteiger partial charge in [0.2, 0.25) is 0 Å². The number of rotatable bonds is 4. The molecular weight excluding hydrogens is 280 g/mol. The molecule has 3 rings (SSSR count). The highest BCUT2D eigenvalue weighted by molar-refractivity contribution is 7.99. The summed E-state index contributed by atoms with van der Waals surface area (Å²) in [5.41, 5.74) is 0. The molecule has 0 aromatic heterocycles. The fourth-order valence-electron chi connectivity index (χ4n) is 4.34. The second-order valence-corrected chi connectivity index (χ2v) is 8.31. The first-order valence-corrected chi connectivity index (χ1v) is 9.97. The zero-order valence-corrected chi connectivity index (χ0v) is 14.4. The Morgan fingerprint density at radius 2 is 1.43 bits per heavy atom. The van der Waals surface area contributed by atoms with Gasteiger partial charge in [-0.3, -0.25) is 14.6 Å². The fourth-order valence-corrected chi connectivity index (χ4v) is 5.17. The van der Waals surface area contributed by atoms with Gasteiger partial charge in [0.1, 0.15) is 5.78 Å². The Morgan fingerprint density at radius 3 is 1.90 bits per heavy atom. The molecule has 1 saturated heterocycles. The highest BCUT2D eigenvalue weighted by Crippen LogP contribution is 2.35. The molecule has 3 fully saturated rings. The van der Waals surface area contributed by atoms with E-state index in [4.69, 9.17) is 0 Å². The number of piperazine rings is 1. The summed E-state index contributed by atoms with van der Waals surface area (Å²) in [5, 5.41) is 0.926. The largest absolute Gasteiger partial charge is 0.300 e. The van der Waals surface area contributed by atoms with Gasteiger partial charge >= 0.3 is 0 Å². The van der Waals surface area contributed by atoms with Crippen LogP contribution in [0.15, 0.2) is 0 Å². The highest BCUT2D eigenvalue weighted by atomic mass is 32.2. The van der Waals surface area contributed by atoms with Crippen molar-refractivity contribution in [3.63, 3.8) is 0 Å². The van der Waals surface area contributed by atoms with Gasteiger partial charge in [-0.25, -0.2) is 0 Å². The maximum absolute atomic E-state index is 11.5. The molecule has 0 aromatic carbocycles. The summed E-state index contributed by atoms with van der Waals surface area (Å²) in [6.45, 7) is 6.78. The van der Waals surface area contributed by atoms with Crippen molar-refractivity contribution >= 4 is 17.5 Å². The third-order valence-corrected chi connectivity index (χ3v) is 7.11. The summed E-state index contributed by atoms with van der Waals surface area (Å²) in [5.74, 6) is 0.771. The van der Waals surface area contributed by atoms with E-state index < -0.39 is 0 Å². The van der Waals surface area contributed by atoms with Crippen LogP contribution in [-0.4, -0.2) is 65.4 Å². The SMILES string of the molecule is CSC1CC(N2CCN([C@H]3CC[C@H](C(C)=O)CC3)CC2)C1. The molecule has 0 radical (unpaired) electrons. The topological polar surface area (TPSA) is 23.6 Å². The number of carbonyl (C=O) groups excluding carboxylic acids is 1. The van der Waals surface area contributed by atoms with Crippen molar-refractivity contribution in [1.82, 2.24) is 9.80 Å². The van der Waals surface area contributed by atoms with Gasteiger partial charge < -0.3 is 0 Å². The molecule has 4 heteroatoms. The van der Waals surface area contributed by atoms with Crippen LogP contribution in [0.5, 0.6) is 0 Å². The molecule has 2 saturated carbocycles. The molecule has 0 aromatic rings. The van der Waals surface area contributed by atoms with Crippen LogP contribution in [0, 0.1) is 5.92 Å². The number of carbonyl (C=O) groups is 1. The lowest BCUT2D eigenvalue weighted by Gasteiger charge is -2.48. The average molecular weight is 311 g/mol. The van der Waals surface area contributed by atoms with E-state index in [0.717, 1.165) is 30.2 Å². The molecule has 0 amide bonds. The summed E-state index contributed by atoms with van der Waals surface area (Å²) in [4.78, 5) is 16.9. The molecule has 2 aliphatic carbocycles. The van der Waals surface area contributed by atoms with Crippen LogP contribution in [0.2, 0.25) is 0 Å². The molecule has 3 nitrogen and oxygen atoms in total. The normalized spacial score (nSPS) is 39.0. The van der Waals surface area contributed by atoms with Gasteiger partial charge in [0, 0.05) is 49.4 Å². The molecule has 120 valence electrons. The van der Waals surface area contributed by atoms with Crippen molar-refractivity contribution in [2.24, 2.45) is 5.92 Å². The number of hydrogen-bond donors (Lipinski definition) is 0. The lowest BCUT2D eigenvalue weighted by atomic mass is 9.83. The van der Waals surface area contributed by atoms with E-state index in [-0.39, 0.29) is 0 Å². The molecule has 0 spiro atoms. The van der Waals surface area contributed by atoms with E-state index in [1.54, 1.807) is 6.92 Å². The van der Waals surface area contributed by atoms with Gasteiger partial charge in [-0.15, -0.1) is 0 Å². The number of Topliss-reactive ketones (excluding diaryl/α,β-unsaturated/α-hetero) is 1. The average Bonchev–Trinajstić information content (AvgIpc) is 2.47. The molecular formula is C17H30N2OS. The fraction of sp³-hybridized carbons (Fsp3) is 0.941. The summed E-state index contributed by atoms with van der Waals surface area (Å²) < 4.78 is 0. The lowest BCUT2D eigenvalue weighted by molar-refractivity contribution is -0.122. The first-order valence-electron chi connectivity index (χ1n) is 8.68. The van der Waals surface area contributed by atoms with Gasteiger partial charge in [0.15, 0.2) is 0 Å². The zero-order chi connectivity index (χ0) is 14.8. The number of hydrogen-bond acceptors (Lipinski definition) is 4. The van der Waals surface area contributed by atoms with Crippen molar-refractivity contribution in [1.29, 1.82) is 0 Å². The van der Waals surface area contributed by atoms with Crippen molar-refractivity contribution in [3.8, 4) is 0 Å². The second-order valence-electron chi connectivity index (χ2n) is 7.17. The molecule has 21 heavy (non-hydrogen) atoms. The van der Waals surface area contributed by atoms with Crippen molar-refractivity contribution in [2.45, 2.75) is 62.8 Å². The van der Waals surface area contributed by atoms with Gasteiger partial charge in [-0.2, -0.15) is 11.8 Å². The first-order chi connectivity index (χ1) is 10.2. The Labute approximate surface area is 133 Å². The minimum Gasteiger partial charge on any atom is -0.300 e. The number of ketones is 1. The van der Waals surface area contributed by atoms with Crippen LogP contribution < -0.4 is 0 Å². The Hall–Kier alpha value is -0.0600. The predicted molar refractivity (Wildman–Crippen MR) is 89.9 cm³/mol. The Kier molecular flexibility index (Phi) is 5.28. The molecule has 0 N–H and O–H groups in total. The Bertz CT molecular complexity index is 354. The number of thioether (sulfide) groups is 1. The minimum atomic E-state index is 0.362. The Balaban J connectivity index is 1.39. The van der Waals surface area contributed by atoms with Gasteiger partial charge in [-0.05, 0) is 51.7 Å². The third-order valence-electron chi connectivity index (χ3n) is 6.06. The van der Waals surface area contributed by atoms with Crippen LogP contribution in [0.1, 0.15) is 45.4 Å². The van der Waals surface area contributed by atoms with Crippen molar-refractivity contribution < 1.29 is 4.79 Å². The molecule has 1 heterocycles. The Morgan fingerprint density at radius 1 is 0.905 bits per heavy atom. The molecule has 0 atom stereocenters. The van der Waals surface area contributed by atoms with Crippen LogP contribution in [0.4, 0.5) is 0 Å². The van der Waals surface area contributed by atoms with Crippen molar-refractivity contribution in [2.75, 3.05) is 32.4 Å². The highest BCUT2D eigenvalue weighted by Gasteiger charge is 2.36. The van der Waals surface area contributed by atoms with E-state index >= 15 is 0 Å². The summed E-state index contributed by atoms with van der Waals surface area (Å²) in [6.07, 6.45) is 9.78. The zero-order valence-electron chi connectivity index (χ0n) is 13.6. The van der Waals surface area contributed by atoms with E-state index in [2.05, 4.69) is 16.1 Å². The van der Waals surface area contributed by atoms with Crippen LogP contribution >= 0.6 is 11.8 Å². The predicted octanol–water partition coefficient (Wildman–Crippen LogP) is 2.65. The van der Waals surface area contributed by atoms with Crippen molar-refractivity contribution in [3.05, 3.63) is 0 Å². The van der Waals surface area contributed by atoms with Crippen LogP contribution in [0.25, 0.3) is 0 Å². The quantitative estimate of drug-likeness (QED) is 0.796. The van der Waals surface area contributed by atoms with Crippen LogP contribution in [0.3, 0.4) is 0 Å². The second kappa shape index (κ2) is 7.01.